The van der Waals surface area contributed by atoms with Gasteiger partial charge in [-0.25, -0.2) is 8.78 Å². The van der Waals surface area contributed by atoms with E-state index in [9.17, 15) is 8.78 Å². The minimum Gasteiger partial charge on any atom is -0.495 e. The number of halogens is 3. The lowest BCUT2D eigenvalue weighted by Crippen LogP contribution is -2.25. The molecule has 0 aliphatic carbocycles. The molecule has 2 nitrogen and oxygen atoms in total. The van der Waals surface area contributed by atoms with Crippen LogP contribution in [0.2, 0.25) is 5.02 Å². The molecule has 0 aliphatic heterocycles. The van der Waals surface area contributed by atoms with E-state index in [0.29, 0.717) is 0 Å². The number of rotatable bonds is 3. The standard InChI is InChI=1S/C11H13ClF2O2/c1-11(2,5-15)8-6(13)4-7(16-3)9(12)10(8)14/h4,15H,5H2,1-3H3. The summed E-state index contributed by atoms with van der Waals surface area (Å²) in [7, 11) is 1.27. The van der Waals surface area contributed by atoms with Crippen LogP contribution in [0.3, 0.4) is 0 Å². The first-order valence-electron chi connectivity index (χ1n) is 4.68. The van der Waals surface area contributed by atoms with Gasteiger partial charge in [0.25, 0.3) is 0 Å². The first-order valence-corrected chi connectivity index (χ1v) is 5.05. The Bertz CT molecular complexity index is 405. The lowest BCUT2D eigenvalue weighted by atomic mass is 9.84. The summed E-state index contributed by atoms with van der Waals surface area (Å²) in [4.78, 5) is 0. The summed E-state index contributed by atoms with van der Waals surface area (Å²) in [6.07, 6.45) is 0. The highest BCUT2D eigenvalue weighted by Crippen LogP contribution is 2.37. The van der Waals surface area contributed by atoms with E-state index in [1.165, 1.54) is 21.0 Å². The zero-order valence-corrected chi connectivity index (χ0v) is 10.0. The maximum Gasteiger partial charge on any atom is 0.152 e. The molecule has 16 heavy (non-hydrogen) atoms. The SMILES string of the molecule is COc1cc(F)c(C(C)(C)CO)c(F)c1Cl. The van der Waals surface area contributed by atoms with Gasteiger partial charge in [-0.05, 0) is 0 Å². The first-order chi connectivity index (χ1) is 7.35. The molecule has 1 aromatic carbocycles. The fourth-order valence-corrected chi connectivity index (χ4v) is 1.65. The lowest BCUT2D eigenvalue weighted by Gasteiger charge is -2.24. The highest BCUT2D eigenvalue weighted by molar-refractivity contribution is 6.32. The Morgan fingerprint density at radius 1 is 1.44 bits per heavy atom. The van der Waals surface area contributed by atoms with E-state index < -0.39 is 17.0 Å². The van der Waals surface area contributed by atoms with Crippen molar-refractivity contribution in [3.8, 4) is 5.75 Å². The number of ether oxygens (including phenoxy) is 1. The van der Waals surface area contributed by atoms with Gasteiger partial charge in [-0.15, -0.1) is 0 Å². The predicted octanol–water partition coefficient (Wildman–Crippen LogP) is 2.90. The third-order valence-corrected chi connectivity index (χ3v) is 2.77. The van der Waals surface area contributed by atoms with Crippen LogP contribution in [0.4, 0.5) is 8.78 Å². The summed E-state index contributed by atoms with van der Waals surface area (Å²) in [5.74, 6) is -1.73. The van der Waals surface area contributed by atoms with Crippen molar-refractivity contribution in [3.05, 3.63) is 28.3 Å². The lowest BCUT2D eigenvalue weighted by molar-refractivity contribution is 0.210. The molecule has 0 radical (unpaired) electrons. The molecule has 1 aromatic rings. The van der Waals surface area contributed by atoms with Crippen molar-refractivity contribution in [3.63, 3.8) is 0 Å². The summed E-state index contributed by atoms with van der Waals surface area (Å²) >= 11 is 5.69. The molecule has 0 amide bonds. The highest BCUT2D eigenvalue weighted by atomic mass is 35.5. The van der Waals surface area contributed by atoms with Crippen molar-refractivity contribution in [1.29, 1.82) is 0 Å². The summed E-state index contributed by atoms with van der Waals surface area (Å²) in [6.45, 7) is 2.66. The van der Waals surface area contributed by atoms with Crippen molar-refractivity contribution >= 4 is 11.6 Å². The summed E-state index contributed by atoms with van der Waals surface area (Å²) < 4.78 is 32.2. The molecule has 0 saturated carbocycles. The van der Waals surface area contributed by atoms with Crippen LogP contribution in [-0.4, -0.2) is 18.8 Å². The van der Waals surface area contributed by atoms with E-state index >= 15 is 0 Å². The molecular weight excluding hydrogens is 238 g/mol. The van der Waals surface area contributed by atoms with Gasteiger partial charge in [0.2, 0.25) is 0 Å². The predicted molar refractivity (Wildman–Crippen MR) is 58.0 cm³/mol. The van der Waals surface area contributed by atoms with Gasteiger partial charge in [0.05, 0.1) is 13.7 Å². The Kier molecular flexibility index (Phi) is 3.76. The van der Waals surface area contributed by atoms with Gasteiger partial charge in [0.1, 0.15) is 16.6 Å². The van der Waals surface area contributed by atoms with Crippen molar-refractivity contribution in [1.82, 2.24) is 0 Å². The molecule has 0 spiro atoms. The van der Waals surface area contributed by atoms with Crippen LogP contribution in [0.5, 0.6) is 5.75 Å². The fraction of sp³-hybridized carbons (Fsp3) is 0.455. The van der Waals surface area contributed by atoms with Gasteiger partial charge in [-0.1, -0.05) is 25.4 Å². The number of aliphatic hydroxyl groups excluding tert-OH is 1. The summed E-state index contributed by atoms with van der Waals surface area (Å²) in [5, 5.41) is 8.83. The Morgan fingerprint density at radius 3 is 2.44 bits per heavy atom. The molecule has 0 aliphatic rings. The number of hydrogen-bond acceptors (Lipinski definition) is 2. The van der Waals surface area contributed by atoms with Crippen molar-refractivity contribution in [2.75, 3.05) is 13.7 Å². The first kappa shape index (κ1) is 13.2. The zero-order chi connectivity index (χ0) is 12.5. The number of benzene rings is 1. The van der Waals surface area contributed by atoms with E-state index in [1.54, 1.807) is 0 Å². The van der Waals surface area contributed by atoms with E-state index in [-0.39, 0.29) is 22.9 Å². The van der Waals surface area contributed by atoms with Crippen molar-refractivity contribution in [2.24, 2.45) is 0 Å². The number of hydrogen-bond donors (Lipinski definition) is 1. The molecule has 5 heteroatoms. The average molecular weight is 251 g/mol. The smallest absolute Gasteiger partial charge is 0.152 e. The molecule has 0 heterocycles. The van der Waals surface area contributed by atoms with Gasteiger partial charge in [-0.3, -0.25) is 0 Å². The Balaban J connectivity index is 3.48. The quantitative estimate of drug-likeness (QED) is 0.836. The molecule has 1 rings (SSSR count). The molecule has 0 saturated heterocycles. The van der Waals surface area contributed by atoms with Crippen LogP contribution in [0.25, 0.3) is 0 Å². The summed E-state index contributed by atoms with van der Waals surface area (Å²) in [5.41, 5.74) is -1.27. The molecule has 90 valence electrons. The maximum absolute atomic E-state index is 13.8. The Morgan fingerprint density at radius 2 is 2.00 bits per heavy atom. The van der Waals surface area contributed by atoms with Crippen LogP contribution >= 0.6 is 11.6 Å². The second-order valence-electron chi connectivity index (χ2n) is 4.11. The second kappa shape index (κ2) is 4.55. The van der Waals surface area contributed by atoms with Gasteiger partial charge in [0.15, 0.2) is 5.82 Å². The van der Waals surface area contributed by atoms with Crippen LogP contribution in [0.1, 0.15) is 19.4 Å². The molecule has 0 aromatic heterocycles. The van der Waals surface area contributed by atoms with Crippen LogP contribution in [0, 0.1) is 11.6 Å². The minimum absolute atomic E-state index is 0.0610. The van der Waals surface area contributed by atoms with E-state index in [1.807, 2.05) is 0 Å². The van der Waals surface area contributed by atoms with Crippen LogP contribution in [-0.2, 0) is 5.41 Å². The third-order valence-electron chi connectivity index (χ3n) is 2.42. The topological polar surface area (TPSA) is 29.5 Å². The number of aliphatic hydroxyl groups is 1. The normalized spacial score (nSPS) is 11.7. The zero-order valence-electron chi connectivity index (χ0n) is 9.27. The second-order valence-corrected chi connectivity index (χ2v) is 4.48. The van der Waals surface area contributed by atoms with E-state index in [2.05, 4.69) is 0 Å². The van der Waals surface area contributed by atoms with Gasteiger partial charge in [0, 0.05) is 17.0 Å². The van der Waals surface area contributed by atoms with Crippen LogP contribution in [0.15, 0.2) is 6.07 Å². The van der Waals surface area contributed by atoms with E-state index in [4.69, 9.17) is 21.4 Å². The van der Waals surface area contributed by atoms with Crippen molar-refractivity contribution in [2.45, 2.75) is 19.3 Å². The van der Waals surface area contributed by atoms with E-state index in [0.717, 1.165) is 6.07 Å². The Labute approximate surface area is 97.8 Å². The third kappa shape index (κ3) is 2.13. The number of methoxy groups -OCH3 is 1. The average Bonchev–Trinajstić information content (AvgIpc) is 2.23. The van der Waals surface area contributed by atoms with Gasteiger partial charge in [-0.2, -0.15) is 0 Å². The van der Waals surface area contributed by atoms with Crippen LogP contribution < -0.4 is 4.74 Å². The molecule has 1 N–H and O–H groups in total. The van der Waals surface area contributed by atoms with Crippen molar-refractivity contribution < 1.29 is 18.6 Å². The minimum atomic E-state index is -1.04. The van der Waals surface area contributed by atoms with Gasteiger partial charge < -0.3 is 9.84 Å². The molecule has 0 fully saturated rings. The fourth-order valence-electron chi connectivity index (χ4n) is 1.42. The monoisotopic (exact) mass is 250 g/mol. The molecular formula is C11H13ClF2O2. The van der Waals surface area contributed by atoms with Gasteiger partial charge >= 0.3 is 0 Å². The molecule has 0 bridgehead atoms. The molecule has 0 atom stereocenters. The maximum atomic E-state index is 13.8. The highest BCUT2D eigenvalue weighted by Gasteiger charge is 2.30. The largest absolute Gasteiger partial charge is 0.495 e. The molecule has 0 unspecified atom stereocenters. The Hall–Kier alpha value is -0.870. The summed E-state index contributed by atoms with van der Waals surface area (Å²) in [6, 6.07) is 1.01.